The lowest BCUT2D eigenvalue weighted by Crippen LogP contribution is -2.09. The molecule has 0 aliphatic rings. The van der Waals surface area contributed by atoms with Gasteiger partial charge in [0.05, 0.1) is 23.6 Å². The van der Waals surface area contributed by atoms with Gasteiger partial charge in [0.25, 0.3) is 0 Å². The number of nitrogens with one attached hydrogen (secondary N) is 1. The van der Waals surface area contributed by atoms with Gasteiger partial charge in [-0.1, -0.05) is 45.1 Å². The lowest BCUT2D eigenvalue weighted by atomic mass is 10.1. The number of pyridine rings is 1. The van der Waals surface area contributed by atoms with E-state index in [9.17, 15) is 4.79 Å². The number of rotatable bonds is 9. The molecule has 138 valence electrons. The Kier molecular flexibility index (Phi) is 6.04. The van der Waals surface area contributed by atoms with E-state index in [1.165, 1.54) is 25.7 Å². The molecular formula is C20H26N4O2. The fourth-order valence-corrected chi connectivity index (χ4v) is 3.07. The zero-order valence-electron chi connectivity index (χ0n) is 15.5. The summed E-state index contributed by atoms with van der Waals surface area (Å²) in [5.74, 6) is -0.359. The number of unbranched alkanes of at least 4 members (excludes halogenated alkanes) is 5. The summed E-state index contributed by atoms with van der Waals surface area (Å²) in [7, 11) is 0. The zero-order valence-corrected chi connectivity index (χ0v) is 15.5. The van der Waals surface area contributed by atoms with E-state index in [0.29, 0.717) is 29.2 Å². The van der Waals surface area contributed by atoms with Gasteiger partial charge in [-0.05, 0) is 25.5 Å². The van der Waals surface area contributed by atoms with Crippen molar-refractivity contribution in [1.29, 1.82) is 0 Å². The highest BCUT2D eigenvalue weighted by Gasteiger charge is 2.23. The quantitative estimate of drug-likeness (QED) is 0.452. The van der Waals surface area contributed by atoms with Gasteiger partial charge in [0.15, 0.2) is 11.3 Å². The normalized spacial score (nSPS) is 11.2. The molecule has 0 aliphatic heterocycles. The van der Waals surface area contributed by atoms with Crippen LogP contribution in [-0.4, -0.2) is 32.2 Å². The molecule has 3 aromatic rings. The highest BCUT2D eigenvalue weighted by Crippen LogP contribution is 2.27. The number of aromatic amines is 1. The zero-order chi connectivity index (χ0) is 18.4. The number of fused-ring (bicyclic) bond motifs is 1. The van der Waals surface area contributed by atoms with E-state index in [2.05, 4.69) is 22.0 Å². The van der Waals surface area contributed by atoms with Crippen LogP contribution < -0.4 is 0 Å². The topological polar surface area (TPSA) is 72.3 Å². The van der Waals surface area contributed by atoms with Crippen molar-refractivity contribution in [2.24, 2.45) is 0 Å². The molecule has 0 unspecified atom stereocenters. The molecule has 0 atom stereocenters. The van der Waals surface area contributed by atoms with Crippen molar-refractivity contribution in [2.45, 2.75) is 52.4 Å². The van der Waals surface area contributed by atoms with Crippen LogP contribution in [0.3, 0.4) is 0 Å². The highest BCUT2D eigenvalue weighted by atomic mass is 16.5. The number of H-pyrrole nitrogens is 1. The molecule has 1 N–H and O–H groups in total. The first-order chi connectivity index (χ1) is 12.7. The maximum Gasteiger partial charge on any atom is 0.357 e. The Hall–Kier alpha value is -2.63. The number of esters is 1. The molecule has 3 rings (SSSR count). The van der Waals surface area contributed by atoms with Crippen LogP contribution in [0.5, 0.6) is 0 Å². The smallest absolute Gasteiger partial charge is 0.357 e. The van der Waals surface area contributed by atoms with Crippen molar-refractivity contribution < 1.29 is 9.53 Å². The van der Waals surface area contributed by atoms with E-state index in [1.807, 2.05) is 31.3 Å². The van der Waals surface area contributed by atoms with Crippen LogP contribution in [0, 0.1) is 6.92 Å². The van der Waals surface area contributed by atoms with Gasteiger partial charge in [0, 0.05) is 12.4 Å². The lowest BCUT2D eigenvalue weighted by Gasteiger charge is -2.05. The number of nitrogens with zero attached hydrogens (tertiary/aromatic N) is 3. The van der Waals surface area contributed by atoms with Crippen LogP contribution >= 0.6 is 0 Å². The van der Waals surface area contributed by atoms with Crippen molar-refractivity contribution in [3.63, 3.8) is 0 Å². The molecule has 0 bridgehead atoms. The van der Waals surface area contributed by atoms with Gasteiger partial charge in [-0.15, -0.1) is 0 Å². The molecule has 6 nitrogen and oxygen atoms in total. The number of ether oxygens (including phenoxy) is 1. The van der Waals surface area contributed by atoms with E-state index >= 15 is 0 Å². The fourth-order valence-electron chi connectivity index (χ4n) is 3.07. The summed E-state index contributed by atoms with van der Waals surface area (Å²) in [6.07, 6.45) is 10.5. The standard InChI is InChI=1S/C20H26N4O2/c1-3-4-5-6-7-10-13-26-20(25)18-17(16-11-8-9-12-21-16)19-22-15(2)14-24(19)23-18/h8-9,11-12,14,23H,3-7,10,13H2,1-2H3. The summed E-state index contributed by atoms with van der Waals surface area (Å²) in [6, 6.07) is 5.62. The van der Waals surface area contributed by atoms with E-state index in [0.717, 1.165) is 18.5 Å². The molecule has 0 amide bonds. The van der Waals surface area contributed by atoms with Crippen molar-refractivity contribution in [3.8, 4) is 11.3 Å². The van der Waals surface area contributed by atoms with Crippen LogP contribution in [-0.2, 0) is 4.74 Å². The Morgan fingerprint density at radius 2 is 2.00 bits per heavy atom. The van der Waals surface area contributed by atoms with Crippen molar-refractivity contribution >= 4 is 11.6 Å². The van der Waals surface area contributed by atoms with Gasteiger partial charge >= 0.3 is 5.97 Å². The third kappa shape index (κ3) is 4.12. The Morgan fingerprint density at radius 1 is 1.19 bits per heavy atom. The van der Waals surface area contributed by atoms with Crippen LogP contribution in [0.4, 0.5) is 0 Å². The molecule has 0 spiro atoms. The SMILES string of the molecule is CCCCCCCCOC(=O)c1[nH]n2cc(C)nc2c1-c1ccccn1. The maximum absolute atomic E-state index is 12.6. The second-order valence-electron chi connectivity index (χ2n) is 6.56. The van der Waals surface area contributed by atoms with Crippen LogP contribution in [0.25, 0.3) is 16.9 Å². The van der Waals surface area contributed by atoms with E-state index in [1.54, 1.807) is 10.7 Å². The first-order valence-corrected chi connectivity index (χ1v) is 9.37. The molecule has 3 aromatic heterocycles. The summed E-state index contributed by atoms with van der Waals surface area (Å²) in [4.78, 5) is 21.5. The number of carbonyl (C=O) groups excluding carboxylic acids is 1. The van der Waals surface area contributed by atoms with Gasteiger partial charge in [-0.3, -0.25) is 10.1 Å². The molecule has 0 saturated heterocycles. The van der Waals surface area contributed by atoms with Crippen LogP contribution in [0.2, 0.25) is 0 Å². The van der Waals surface area contributed by atoms with Gasteiger partial charge in [0.2, 0.25) is 0 Å². The van der Waals surface area contributed by atoms with E-state index in [4.69, 9.17) is 4.74 Å². The summed E-state index contributed by atoms with van der Waals surface area (Å²) < 4.78 is 7.24. The van der Waals surface area contributed by atoms with Gasteiger partial charge in [-0.2, -0.15) is 0 Å². The monoisotopic (exact) mass is 354 g/mol. The summed E-state index contributed by atoms with van der Waals surface area (Å²) >= 11 is 0. The molecule has 0 aromatic carbocycles. The maximum atomic E-state index is 12.6. The number of hydrogen-bond acceptors (Lipinski definition) is 4. The lowest BCUT2D eigenvalue weighted by molar-refractivity contribution is 0.0491. The predicted molar refractivity (Wildman–Crippen MR) is 101 cm³/mol. The summed E-state index contributed by atoms with van der Waals surface area (Å²) in [5.41, 5.74) is 3.35. The largest absolute Gasteiger partial charge is 0.461 e. The molecular weight excluding hydrogens is 328 g/mol. The summed E-state index contributed by atoms with van der Waals surface area (Å²) in [6.45, 7) is 4.56. The minimum Gasteiger partial charge on any atom is -0.461 e. The first kappa shape index (κ1) is 18.2. The Labute approximate surface area is 153 Å². The average Bonchev–Trinajstić information content (AvgIpc) is 3.17. The molecule has 0 radical (unpaired) electrons. The number of aromatic nitrogens is 4. The third-order valence-corrected chi connectivity index (χ3v) is 4.39. The Bertz CT molecular complexity index is 851. The molecule has 0 aliphatic carbocycles. The minimum atomic E-state index is -0.359. The summed E-state index contributed by atoms with van der Waals surface area (Å²) in [5, 5.41) is 3.09. The van der Waals surface area contributed by atoms with Crippen LogP contribution in [0.15, 0.2) is 30.6 Å². The van der Waals surface area contributed by atoms with Crippen molar-refractivity contribution in [1.82, 2.24) is 19.6 Å². The molecule has 3 heterocycles. The van der Waals surface area contributed by atoms with E-state index < -0.39 is 0 Å². The number of imidazole rings is 1. The van der Waals surface area contributed by atoms with Crippen molar-refractivity contribution in [2.75, 3.05) is 6.61 Å². The van der Waals surface area contributed by atoms with Gasteiger partial charge < -0.3 is 4.74 Å². The average molecular weight is 354 g/mol. The van der Waals surface area contributed by atoms with Gasteiger partial charge in [0.1, 0.15) is 0 Å². The van der Waals surface area contributed by atoms with Crippen LogP contribution in [0.1, 0.15) is 61.6 Å². The second kappa shape index (κ2) is 8.65. The van der Waals surface area contributed by atoms with E-state index in [-0.39, 0.29) is 5.97 Å². The molecule has 0 saturated carbocycles. The Balaban J connectivity index is 1.71. The number of hydrogen-bond donors (Lipinski definition) is 1. The fraction of sp³-hybridized carbons (Fsp3) is 0.450. The predicted octanol–water partition coefficient (Wildman–Crippen LogP) is 4.55. The number of carbonyl (C=O) groups is 1. The minimum absolute atomic E-state index is 0.359. The number of aryl methyl sites for hydroxylation is 1. The molecule has 26 heavy (non-hydrogen) atoms. The highest BCUT2D eigenvalue weighted by molar-refractivity contribution is 5.99. The van der Waals surface area contributed by atoms with Crippen molar-refractivity contribution in [3.05, 3.63) is 42.0 Å². The third-order valence-electron chi connectivity index (χ3n) is 4.39. The Morgan fingerprint density at radius 3 is 2.77 bits per heavy atom. The molecule has 6 heteroatoms. The van der Waals surface area contributed by atoms with Gasteiger partial charge in [-0.25, -0.2) is 14.3 Å². The first-order valence-electron chi connectivity index (χ1n) is 9.37. The second-order valence-corrected chi connectivity index (χ2v) is 6.56. The molecule has 0 fully saturated rings.